The van der Waals surface area contributed by atoms with Crippen molar-refractivity contribution in [2.45, 2.75) is 32.6 Å². The quantitative estimate of drug-likeness (QED) is 0.814. The van der Waals surface area contributed by atoms with Crippen molar-refractivity contribution in [3.05, 3.63) is 18.1 Å². The highest BCUT2D eigenvalue weighted by molar-refractivity contribution is 5.68. The molecule has 1 aliphatic carbocycles. The molecule has 0 aliphatic heterocycles. The van der Waals surface area contributed by atoms with Crippen LogP contribution in [0, 0.1) is 12.3 Å². The molecule has 0 spiro atoms. The maximum Gasteiger partial charge on any atom is 0.303 e. The standard InChI is InChI=1S/C12H17N3O2/c1-9-13-6-3-10(15-9)14-8-12(4-2-5-12)7-11(16)17/h3,6H,2,4-5,7-8H2,1H3,(H,16,17)(H,13,14,15). The summed E-state index contributed by atoms with van der Waals surface area (Å²) in [6, 6.07) is 1.81. The van der Waals surface area contributed by atoms with Gasteiger partial charge in [0.2, 0.25) is 0 Å². The number of aromatic nitrogens is 2. The van der Waals surface area contributed by atoms with Gasteiger partial charge in [-0.3, -0.25) is 4.79 Å². The summed E-state index contributed by atoms with van der Waals surface area (Å²) in [4.78, 5) is 19.1. The van der Waals surface area contributed by atoms with Gasteiger partial charge in [0.25, 0.3) is 0 Å². The fourth-order valence-corrected chi connectivity index (χ4v) is 2.25. The molecule has 0 saturated heterocycles. The van der Waals surface area contributed by atoms with E-state index >= 15 is 0 Å². The fraction of sp³-hybridized carbons (Fsp3) is 0.583. The van der Waals surface area contributed by atoms with Gasteiger partial charge in [0.15, 0.2) is 0 Å². The second kappa shape index (κ2) is 4.69. The van der Waals surface area contributed by atoms with Gasteiger partial charge < -0.3 is 10.4 Å². The third-order valence-corrected chi connectivity index (χ3v) is 3.36. The van der Waals surface area contributed by atoms with Gasteiger partial charge in [0.1, 0.15) is 11.6 Å². The van der Waals surface area contributed by atoms with E-state index in [1.54, 1.807) is 12.3 Å². The average molecular weight is 235 g/mol. The lowest BCUT2D eigenvalue weighted by Crippen LogP contribution is -2.38. The van der Waals surface area contributed by atoms with Crippen molar-refractivity contribution in [1.82, 2.24) is 9.97 Å². The molecule has 0 bridgehead atoms. The SMILES string of the molecule is Cc1nccc(NCC2(CC(=O)O)CCC2)n1. The molecule has 0 amide bonds. The molecule has 5 nitrogen and oxygen atoms in total. The number of aliphatic carboxylic acids is 1. The van der Waals surface area contributed by atoms with E-state index in [-0.39, 0.29) is 11.8 Å². The molecule has 1 aromatic heterocycles. The van der Waals surface area contributed by atoms with E-state index in [0.717, 1.165) is 30.9 Å². The second-order valence-electron chi connectivity index (χ2n) is 4.77. The maximum atomic E-state index is 10.8. The Balaban J connectivity index is 1.94. The average Bonchev–Trinajstić information content (AvgIpc) is 2.21. The fourth-order valence-electron chi connectivity index (χ4n) is 2.25. The van der Waals surface area contributed by atoms with Crippen LogP contribution in [0.4, 0.5) is 5.82 Å². The number of carbonyl (C=O) groups is 1. The summed E-state index contributed by atoms with van der Waals surface area (Å²) in [5, 5.41) is 12.1. The van der Waals surface area contributed by atoms with Crippen molar-refractivity contribution in [2.24, 2.45) is 5.41 Å². The van der Waals surface area contributed by atoms with E-state index in [1.165, 1.54) is 0 Å². The second-order valence-corrected chi connectivity index (χ2v) is 4.77. The van der Waals surface area contributed by atoms with Crippen LogP contribution < -0.4 is 5.32 Å². The normalized spacial score (nSPS) is 17.2. The number of hydrogen-bond acceptors (Lipinski definition) is 4. The van der Waals surface area contributed by atoms with Crippen molar-refractivity contribution in [3.8, 4) is 0 Å². The van der Waals surface area contributed by atoms with Gasteiger partial charge in [0, 0.05) is 12.7 Å². The summed E-state index contributed by atoms with van der Waals surface area (Å²) < 4.78 is 0. The number of nitrogens with one attached hydrogen (secondary N) is 1. The summed E-state index contributed by atoms with van der Waals surface area (Å²) in [6.07, 6.45) is 5.03. The van der Waals surface area contributed by atoms with Crippen LogP contribution in [0.1, 0.15) is 31.5 Å². The smallest absolute Gasteiger partial charge is 0.303 e. The molecule has 1 saturated carbocycles. The van der Waals surface area contributed by atoms with Gasteiger partial charge in [-0.15, -0.1) is 0 Å². The Morgan fingerprint density at radius 1 is 1.59 bits per heavy atom. The van der Waals surface area contributed by atoms with Gasteiger partial charge >= 0.3 is 5.97 Å². The van der Waals surface area contributed by atoms with Crippen molar-refractivity contribution in [3.63, 3.8) is 0 Å². The van der Waals surface area contributed by atoms with Gasteiger partial charge in [-0.05, 0) is 31.2 Å². The minimum absolute atomic E-state index is 0.0787. The van der Waals surface area contributed by atoms with Crippen molar-refractivity contribution < 1.29 is 9.90 Å². The summed E-state index contributed by atoms with van der Waals surface area (Å²) >= 11 is 0. The Bertz CT molecular complexity index is 416. The Morgan fingerprint density at radius 2 is 2.35 bits per heavy atom. The first-order chi connectivity index (χ1) is 8.10. The molecule has 0 aromatic carbocycles. The first-order valence-corrected chi connectivity index (χ1v) is 5.85. The number of aryl methyl sites for hydroxylation is 1. The number of carboxylic acid groups (broad SMARTS) is 1. The van der Waals surface area contributed by atoms with Crippen LogP contribution in [0.15, 0.2) is 12.3 Å². The minimum atomic E-state index is -0.717. The van der Waals surface area contributed by atoms with Crippen LogP contribution in [0.3, 0.4) is 0 Å². The van der Waals surface area contributed by atoms with E-state index in [1.807, 2.05) is 6.92 Å². The van der Waals surface area contributed by atoms with Crippen molar-refractivity contribution >= 4 is 11.8 Å². The molecule has 1 aliphatic rings. The third-order valence-electron chi connectivity index (χ3n) is 3.36. The molecular formula is C12H17N3O2. The van der Waals surface area contributed by atoms with E-state index in [0.29, 0.717) is 6.54 Å². The van der Waals surface area contributed by atoms with Crippen molar-refractivity contribution in [1.29, 1.82) is 0 Å². The summed E-state index contributed by atoms with van der Waals surface area (Å²) in [5.41, 5.74) is -0.0787. The molecule has 2 N–H and O–H groups in total. The van der Waals surface area contributed by atoms with E-state index in [9.17, 15) is 4.79 Å². The van der Waals surface area contributed by atoms with Crippen molar-refractivity contribution in [2.75, 3.05) is 11.9 Å². The van der Waals surface area contributed by atoms with E-state index in [2.05, 4.69) is 15.3 Å². The lowest BCUT2D eigenvalue weighted by Gasteiger charge is -2.41. The van der Waals surface area contributed by atoms with E-state index in [4.69, 9.17) is 5.11 Å². The number of nitrogens with zero attached hydrogens (tertiary/aromatic N) is 2. The number of rotatable bonds is 5. The monoisotopic (exact) mass is 235 g/mol. The first kappa shape index (κ1) is 11.8. The van der Waals surface area contributed by atoms with Crippen LogP contribution in [-0.2, 0) is 4.79 Å². The molecule has 17 heavy (non-hydrogen) atoms. The molecule has 1 aromatic rings. The summed E-state index contributed by atoms with van der Waals surface area (Å²) in [5.74, 6) is 0.774. The lowest BCUT2D eigenvalue weighted by molar-refractivity contribution is -0.141. The van der Waals surface area contributed by atoms with Gasteiger partial charge in [-0.2, -0.15) is 0 Å². The molecule has 0 unspecified atom stereocenters. The largest absolute Gasteiger partial charge is 0.481 e. The van der Waals surface area contributed by atoms with Gasteiger partial charge in [0.05, 0.1) is 6.42 Å². The Morgan fingerprint density at radius 3 is 2.88 bits per heavy atom. The molecule has 92 valence electrons. The minimum Gasteiger partial charge on any atom is -0.481 e. The molecule has 1 heterocycles. The number of hydrogen-bond donors (Lipinski definition) is 2. The summed E-state index contributed by atoms with van der Waals surface area (Å²) in [7, 11) is 0. The number of carboxylic acids is 1. The Kier molecular flexibility index (Phi) is 3.26. The third kappa shape index (κ3) is 2.93. The molecular weight excluding hydrogens is 218 g/mol. The summed E-state index contributed by atoms with van der Waals surface area (Å²) in [6.45, 7) is 2.51. The van der Waals surface area contributed by atoms with Crippen LogP contribution >= 0.6 is 0 Å². The number of anilines is 1. The maximum absolute atomic E-state index is 10.8. The highest BCUT2D eigenvalue weighted by atomic mass is 16.4. The molecule has 0 atom stereocenters. The predicted octanol–water partition coefficient (Wildman–Crippen LogP) is 1.84. The van der Waals surface area contributed by atoms with Crippen LogP contribution in [0.2, 0.25) is 0 Å². The zero-order chi connectivity index (χ0) is 12.3. The Labute approximate surface area is 100 Å². The Hall–Kier alpha value is -1.65. The van der Waals surface area contributed by atoms with Gasteiger partial charge in [-0.1, -0.05) is 6.42 Å². The zero-order valence-electron chi connectivity index (χ0n) is 9.94. The topological polar surface area (TPSA) is 75.1 Å². The molecule has 0 radical (unpaired) electrons. The predicted molar refractivity (Wildman–Crippen MR) is 63.8 cm³/mol. The van der Waals surface area contributed by atoms with Crippen LogP contribution in [-0.4, -0.2) is 27.6 Å². The molecule has 1 fully saturated rings. The van der Waals surface area contributed by atoms with Crippen LogP contribution in [0.5, 0.6) is 0 Å². The zero-order valence-corrected chi connectivity index (χ0v) is 9.94. The van der Waals surface area contributed by atoms with Gasteiger partial charge in [-0.25, -0.2) is 9.97 Å². The first-order valence-electron chi connectivity index (χ1n) is 5.85. The highest BCUT2D eigenvalue weighted by Crippen LogP contribution is 2.43. The molecule has 5 heteroatoms. The highest BCUT2D eigenvalue weighted by Gasteiger charge is 2.38. The van der Waals surface area contributed by atoms with E-state index < -0.39 is 5.97 Å². The lowest BCUT2D eigenvalue weighted by atomic mass is 9.66. The van der Waals surface area contributed by atoms with Crippen LogP contribution in [0.25, 0.3) is 0 Å². The molecule has 2 rings (SSSR count).